The van der Waals surface area contributed by atoms with Crippen LogP contribution >= 0.6 is 0 Å². The predicted molar refractivity (Wildman–Crippen MR) is 80.7 cm³/mol. The molecule has 1 aromatic carbocycles. The molecule has 0 aromatic heterocycles. The molecule has 0 aliphatic rings. The molecule has 18 heavy (non-hydrogen) atoms. The Morgan fingerprint density at radius 3 is 2.61 bits per heavy atom. The van der Waals surface area contributed by atoms with Gasteiger partial charge in [-0.25, -0.2) is 0 Å². The number of aryl methyl sites for hydroxylation is 1. The normalized spacial score (nSPS) is 11.8. The summed E-state index contributed by atoms with van der Waals surface area (Å²) in [4.78, 5) is 2.45. The van der Waals surface area contributed by atoms with Crippen LogP contribution in [0.25, 0.3) is 0 Å². The van der Waals surface area contributed by atoms with Crippen molar-refractivity contribution in [3.05, 3.63) is 42.5 Å². The molecule has 0 aliphatic heterocycles. The van der Waals surface area contributed by atoms with E-state index in [-0.39, 0.29) is 5.54 Å². The standard InChI is InChI=1S/C16H26N2/c1-5-11-18(16(2,3)4)12-7-9-14-8-6-10-15(17)13-14/h5-6,8,10,13H,1,7,9,11-12,17H2,2-4H3. The maximum Gasteiger partial charge on any atom is 0.0316 e. The monoisotopic (exact) mass is 246 g/mol. The highest BCUT2D eigenvalue weighted by Crippen LogP contribution is 2.15. The predicted octanol–water partition coefficient (Wildman–Crippen LogP) is 3.49. The molecule has 0 fully saturated rings. The Morgan fingerprint density at radius 1 is 1.33 bits per heavy atom. The molecule has 0 heterocycles. The SMILES string of the molecule is C=CCN(CCCc1cccc(N)c1)C(C)(C)C. The summed E-state index contributed by atoms with van der Waals surface area (Å²) in [6.07, 6.45) is 4.20. The maximum atomic E-state index is 5.78. The number of anilines is 1. The molecule has 0 saturated heterocycles. The van der Waals surface area contributed by atoms with E-state index in [2.05, 4.69) is 44.4 Å². The Bertz CT molecular complexity index is 377. The Kier molecular flexibility index (Phi) is 5.42. The number of nitrogens with zero attached hydrogens (tertiary/aromatic N) is 1. The maximum absolute atomic E-state index is 5.78. The van der Waals surface area contributed by atoms with E-state index >= 15 is 0 Å². The van der Waals surface area contributed by atoms with E-state index in [1.54, 1.807) is 0 Å². The summed E-state index contributed by atoms with van der Waals surface area (Å²) in [5.74, 6) is 0. The largest absolute Gasteiger partial charge is 0.399 e. The van der Waals surface area contributed by atoms with Crippen molar-refractivity contribution in [1.82, 2.24) is 4.90 Å². The Labute approximate surface area is 111 Å². The number of rotatable bonds is 6. The Balaban J connectivity index is 2.46. The fourth-order valence-electron chi connectivity index (χ4n) is 2.08. The van der Waals surface area contributed by atoms with Gasteiger partial charge < -0.3 is 5.73 Å². The van der Waals surface area contributed by atoms with Crippen LogP contribution in [0.5, 0.6) is 0 Å². The van der Waals surface area contributed by atoms with Gasteiger partial charge in [0, 0.05) is 17.8 Å². The summed E-state index contributed by atoms with van der Waals surface area (Å²) in [5.41, 5.74) is 8.16. The van der Waals surface area contributed by atoms with Gasteiger partial charge in [0.05, 0.1) is 0 Å². The van der Waals surface area contributed by atoms with Gasteiger partial charge in [0.25, 0.3) is 0 Å². The summed E-state index contributed by atoms with van der Waals surface area (Å²) in [7, 11) is 0. The summed E-state index contributed by atoms with van der Waals surface area (Å²) in [5, 5.41) is 0. The van der Waals surface area contributed by atoms with E-state index in [0.29, 0.717) is 0 Å². The van der Waals surface area contributed by atoms with Gasteiger partial charge in [-0.3, -0.25) is 4.90 Å². The minimum atomic E-state index is 0.198. The third kappa shape index (κ3) is 4.92. The molecule has 0 bridgehead atoms. The van der Waals surface area contributed by atoms with Crippen molar-refractivity contribution >= 4 is 5.69 Å². The molecule has 2 heteroatoms. The van der Waals surface area contributed by atoms with E-state index in [4.69, 9.17) is 5.73 Å². The number of benzene rings is 1. The van der Waals surface area contributed by atoms with Crippen LogP contribution in [0, 0.1) is 0 Å². The van der Waals surface area contributed by atoms with Crippen molar-refractivity contribution in [2.24, 2.45) is 0 Å². The number of hydrogen-bond donors (Lipinski definition) is 1. The van der Waals surface area contributed by atoms with E-state index in [0.717, 1.165) is 31.6 Å². The summed E-state index contributed by atoms with van der Waals surface area (Å²) in [6.45, 7) is 12.6. The highest BCUT2D eigenvalue weighted by Gasteiger charge is 2.19. The number of nitrogen functional groups attached to an aromatic ring is 1. The molecule has 1 aromatic rings. The minimum Gasteiger partial charge on any atom is -0.399 e. The second-order valence-corrected chi connectivity index (χ2v) is 5.75. The van der Waals surface area contributed by atoms with Gasteiger partial charge in [-0.2, -0.15) is 0 Å². The van der Waals surface area contributed by atoms with Crippen LogP contribution in [0.3, 0.4) is 0 Å². The van der Waals surface area contributed by atoms with Crippen molar-refractivity contribution in [1.29, 1.82) is 0 Å². The molecule has 0 amide bonds. The zero-order chi connectivity index (χ0) is 13.6. The molecule has 0 unspecified atom stereocenters. The summed E-state index contributed by atoms with van der Waals surface area (Å²) < 4.78 is 0. The van der Waals surface area contributed by atoms with Crippen LogP contribution in [-0.4, -0.2) is 23.5 Å². The fraction of sp³-hybridized carbons (Fsp3) is 0.500. The van der Waals surface area contributed by atoms with Gasteiger partial charge in [-0.05, 0) is 57.9 Å². The zero-order valence-electron chi connectivity index (χ0n) is 11.9. The second-order valence-electron chi connectivity index (χ2n) is 5.75. The lowest BCUT2D eigenvalue weighted by Crippen LogP contribution is -2.42. The van der Waals surface area contributed by atoms with Crippen LogP contribution in [0.15, 0.2) is 36.9 Å². The molecule has 0 saturated carbocycles. The van der Waals surface area contributed by atoms with E-state index in [9.17, 15) is 0 Å². The molecule has 0 radical (unpaired) electrons. The third-order valence-electron chi connectivity index (χ3n) is 3.14. The highest BCUT2D eigenvalue weighted by molar-refractivity contribution is 5.40. The molecule has 2 nitrogen and oxygen atoms in total. The van der Waals surface area contributed by atoms with Gasteiger partial charge in [0.2, 0.25) is 0 Å². The van der Waals surface area contributed by atoms with Crippen LogP contribution < -0.4 is 5.73 Å². The first-order valence-electron chi connectivity index (χ1n) is 6.64. The van der Waals surface area contributed by atoms with Gasteiger partial charge in [-0.15, -0.1) is 6.58 Å². The van der Waals surface area contributed by atoms with Gasteiger partial charge >= 0.3 is 0 Å². The Hall–Kier alpha value is -1.28. The van der Waals surface area contributed by atoms with E-state index in [1.807, 2.05) is 18.2 Å². The summed E-state index contributed by atoms with van der Waals surface area (Å²) >= 11 is 0. The molecular weight excluding hydrogens is 220 g/mol. The molecule has 100 valence electrons. The lowest BCUT2D eigenvalue weighted by atomic mass is 10.0. The van der Waals surface area contributed by atoms with Crippen molar-refractivity contribution in [2.45, 2.75) is 39.2 Å². The fourth-order valence-corrected chi connectivity index (χ4v) is 2.08. The first-order valence-corrected chi connectivity index (χ1v) is 6.64. The third-order valence-corrected chi connectivity index (χ3v) is 3.14. The minimum absolute atomic E-state index is 0.198. The Morgan fingerprint density at radius 2 is 2.06 bits per heavy atom. The summed E-state index contributed by atoms with van der Waals surface area (Å²) in [6, 6.07) is 8.17. The zero-order valence-corrected chi connectivity index (χ0v) is 11.9. The lowest BCUT2D eigenvalue weighted by Gasteiger charge is -2.34. The topological polar surface area (TPSA) is 29.3 Å². The van der Waals surface area contributed by atoms with E-state index in [1.165, 1.54) is 5.56 Å². The first kappa shape index (κ1) is 14.8. The van der Waals surface area contributed by atoms with Crippen molar-refractivity contribution in [3.63, 3.8) is 0 Å². The van der Waals surface area contributed by atoms with Crippen LogP contribution in [0.1, 0.15) is 32.8 Å². The highest BCUT2D eigenvalue weighted by atomic mass is 15.2. The van der Waals surface area contributed by atoms with Gasteiger partial charge in [0.15, 0.2) is 0 Å². The van der Waals surface area contributed by atoms with Crippen LogP contribution in [0.2, 0.25) is 0 Å². The molecule has 1 rings (SSSR count). The second kappa shape index (κ2) is 6.60. The molecule has 0 atom stereocenters. The molecule has 0 spiro atoms. The van der Waals surface area contributed by atoms with Crippen molar-refractivity contribution < 1.29 is 0 Å². The first-order chi connectivity index (χ1) is 8.43. The van der Waals surface area contributed by atoms with Crippen LogP contribution in [0.4, 0.5) is 5.69 Å². The smallest absolute Gasteiger partial charge is 0.0316 e. The average molecular weight is 246 g/mol. The number of hydrogen-bond acceptors (Lipinski definition) is 2. The van der Waals surface area contributed by atoms with Crippen molar-refractivity contribution in [2.75, 3.05) is 18.8 Å². The lowest BCUT2D eigenvalue weighted by molar-refractivity contribution is 0.152. The van der Waals surface area contributed by atoms with Crippen LogP contribution in [-0.2, 0) is 6.42 Å². The van der Waals surface area contributed by atoms with Gasteiger partial charge in [-0.1, -0.05) is 18.2 Å². The molecule has 0 aliphatic carbocycles. The quantitative estimate of drug-likeness (QED) is 0.615. The van der Waals surface area contributed by atoms with E-state index < -0.39 is 0 Å². The molecular formula is C16H26N2. The molecule has 2 N–H and O–H groups in total. The van der Waals surface area contributed by atoms with Gasteiger partial charge in [0.1, 0.15) is 0 Å². The van der Waals surface area contributed by atoms with Crippen molar-refractivity contribution in [3.8, 4) is 0 Å². The number of nitrogens with two attached hydrogens (primary N) is 1. The average Bonchev–Trinajstić information content (AvgIpc) is 2.27.